The van der Waals surface area contributed by atoms with Crippen molar-refractivity contribution in [2.24, 2.45) is 5.92 Å². The largest absolute Gasteiger partial charge is 0.500 e. The Morgan fingerprint density at radius 1 is 0.974 bits per heavy atom. The van der Waals surface area contributed by atoms with Crippen molar-refractivity contribution in [2.75, 3.05) is 63.1 Å². The van der Waals surface area contributed by atoms with Crippen LogP contribution in [0.5, 0.6) is 0 Å². The van der Waals surface area contributed by atoms with Gasteiger partial charge in [-0.1, -0.05) is 18.8 Å². The Morgan fingerprint density at radius 2 is 1.68 bits per heavy atom. The van der Waals surface area contributed by atoms with Gasteiger partial charge >= 0.3 is 0 Å². The van der Waals surface area contributed by atoms with E-state index in [2.05, 4.69) is 51.8 Å². The zero-order valence-electron chi connectivity index (χ0n) is 24.0. The molecule has 7 heteroatoms. The maximum Gasteiger partial charge on any atom is 0.227 e. The predicted molar refractivity (Wildman–Crippen MR) is 156 cm³/mol. The molecule has 5 rings (SSSR count). The number of piperidine rings is 1. The zero-order valence-corrected chi connectivity index (χ0v) is 24.0. The van der Waals surface area contributed by atoms with Crippen LogP contribution in [-0.4, -0.2) is 84.8 Å². The van der Waals surface area contributed by atoms with E-state index < -0.39 is 0 Å². The number of fused-ring (bicyclic) bond motifs is 1. The van der Waals surface area contributed by atoms with Crippen LogP contribution >= 0.6 is 0 Å². The first-order valence-corrected chi connectivity index (χ1v) is 15.2. The van der Waals surface area contributed by atoms with E-state index in [1.165, 1.54) is 51.6 Å². The van der Waals surface area contributed by atoms with Gasteiger partial charge in [-0.05, 0) is 71.5 Å². The lowest BCUT2D eigenvalue weighted by atomic mass is 9.91. The first-order valence-electron chi connectivity index (χ1n) is 15.2. The molecular weight excluding hydrogens is 472 g/mol. The van der Waals surface area contributed by atoms with Gasteiger partial charge < -0.3 is 24.8 Å². The first-order chi connectivity index (χ1) is 18.6. The van der Waals surface area contributed by atoms with Gasteiger partial charge in [0.2, 0.25) is 5.95 Å². The number of hydrogen-bond donors (Lipinski definition) is 1. The Bertz CT molecular complexity index is 1010. The summed E-state index contributed by atoms with van der Waals surface area (Å²) in [5.41, 5.74) is 2.21. The van der Waals surface area contributed by atoms with Gasteiger partial charge in [0.1, 0.15) is 11.6 Å². The molecule has 38 heavy (non-hydrogen) atoms. The van der Waals surface area contributed by atoms with Crippen molar-refractivity contribution >= 4 is 17.8 Å². The van der Waals surface area contributed by atoms with E-state index in [4.69, 9.17) is 14.7 Å². The summed E-state index contributed by atoms with van der Waals surface area (Å²) in [6.45, 7) is 12.5. The smallest absolute Gasteiger partial charge is 0.227 e. The molecule has 3 aliphatic heterocycles. The topological polar surface area (TPSA) is 56.8 Å². The zero-order chi connectivity index (χ0) is 26.3. The molecule has 1 N–H and O–H groups in total. The Hall–Kier alpha value is -2.30. The summed E-state index contributed by atoms with van der Waals surface area (Å²) < 4.78 is 5.89. The van der Waals surface area contributed by atoms with Crippen LogP contribution < -0.4 is 10.2 Å². The lowest BCUT2D eigenvalue weighted by Crippen LogP contribution is -2.42. The molecule has 7 nitrogen and oxygen atoms in total. The number of anilines is 2. The van der Waals surface area contributed by atoms with E-state index in [1.54, 1.807) is 7.11 Å². The van der Waals surface area contributed by atoms with Crippen molar-refractivity contribution in [2.45, 2.75) is 90.1 Å². The third kappa shape index (κ3) is 6.82. The summed E-state index contributed by atoms with van der Waals surface area (Å²) in [4.78, 5) is 17.8. The Balaban J connectivity index is 1.37. The average molecular weight is 521 g/mol. The molecule has 0 amide bonds. The SMILES string of the molecule is COC1=Cc2c(nc(N3CCCCCC3)nc2NC2CCN(C(C)C)CC2)CC1C#CCCN1CCCC1. The van der Waals surface area contributed by atoms with Gasteiger partial charge in [-0.15, -0.1) is 5.92 Å². The predicted octanol–water partition coefficient (Wildman–Crippen LogP) is 4.79. The second-order valence-corrected chi connectivity index (χ2v) is 11.8. The molecule has 1 aromatic rings. The van der Waals surface area contributed by atoms with E-state index in [9.17, 15) is 0 Å². The third-order valence-corrected chi connectivity index (χ3v) is 8.79. The number of rotatable bonds is 7. The lowest BCUT2D eigenvalue weighted by molar-refractivity contribution is 0.177. The van der Waals surface area contributed by atoms with Crippen molar-refractivity contribution < 1.29 is 4.74 Å². The molecule has 208 valence electrons. The van der Waals surface area contributed by atoms with Gasteiger partial charge in [0.05, 0.1) is 18.7 Å². The van der Waals surface area contributed by atoms with Crippen molar-refractivity contribution in [1.82, 2.24) is 19.8 Å². The second kappa shape index (κ2) is 13.2. The van der Waals surface area contributed by atoms with Crippen LogP contribution in [0.3, 0.4) is 0 Å². The minimum atomic E-state index is 0.0556. The lowest BCUT2D eigenvalue weighted by Gasteiger charge is -2.35. The molecule has 0 bridgehead atoms. The van der Waals surface area contributed by atoms with Crippen molar-refractivity contribution in [3.8, 4) is 11.8 Å². The summed E-state index contributed by atoms with van der Waals surface area (Å²) in [7, 11) is 1.77. The normalized spacial score (nSPS) is 23.4. The number of nitrogens with one attached hydrogen (secondary N) is 1. The Morgan fingerprint density at radius 3 is 2.37 bits per heavy atom. The average Bonchev–Trinajstić information content (AvgIpc) is 3.30. The summed E-state index contributed by atoms with van der Waals surface area (Å²) in [5.74, 6) is 9.88. The molecule has 1 atom stereocenters. The van der Waals surface area contributed by atoms with Gasteiger partial charge in [0.15, 0.2) is 0 Å². The molecule has 0 spiro atoms. The highest BCUT2D eigenvalue weighted by molar-refractivity contribution is 5.70. The number of allylic oxidation sites excluding steroid dienone is 1. The fourth-order valence-electron chi connectivity index (χ4n) is 6.36. The summed E-state index contributed by atoms with van der Waals surface area (Å²) in [6, 6.07) is 1.04. The summed E-state index contributed by atoms with van der Waals surface area (Å²) in [5, 5.41) is 3.86. The quantitative estimate of drug-likeness (QED) is 0.519. The van der Waals surface area contributed by atoms with E-state index >= 15 is 0 Å². The minimum absolute atomic E-state index is 0.0556. The van der Waals surface area contributed by atoms with Gasteiger partial charge in [-0.3, -0.25) is 0 Å². The van der Waals surface area contributed by atoms with Crippen molar-refractivity contribution in [3.63, 3.8) is 0 Å². The highest BCUT2D eigenvalue weighted by Crippen LogP contribution is 2.34. The molecule has 1 aromatic heterocycles. The molecule has 4 aliphatic rings. The van der Waals surface area contributed by atoms with E-state index in [0.717, 1.165) is 87.2 Å². The van der Waals surface area contributed by atoms with Crippen molar-refractivity contribution in [3.05, 3.63) is 17.0 Å². The fraction of sp³-hybridized carbons (Fsp3) is 0.742. The van der Waals surface area contributed by atoms with Gasteiger partial charge in [-0.25, -0.2) is 4.98 Å². The van der Waals surface area contributed by atoms with E-state index in [0.29, 0.717) is 12.1 Å². The summed E-state index contributed by atoms with van der Waals surface area (Å²) in [6.07, 6.45) is 13.9. The molecule has 3 saturated heterocycles. The minimum Gasteiger partial charge on any atom is -0.500 e. The fourth-order valence-corrected chi connectivity index (χ4v) is 6.36. The number of hydrogen-bond acceptors (Lipinski definition) is 7. The highest BCUT2D eigenvalue weighted by Gasteiger charge is 2.29. The number of nitrogens with zero attached hydrogens (tertiary/aromatic N) is 5. The van der Waals surface area contributed by atoms with Crippen LogP contribution in [-0.2, 0) is 11.2 Å². The summed E-state index contributed by atoms with van der Waals surface area (Å²) >= 11 is 0. The van der Waals surface area contributed by atoms with Gasteiger partial charge in [0.25, 0.3) is 0 Å². The first kappa shape index (κ1) is 27.3. The molecule has 4 heterocycles. The maximum atomic E-state index is 5.89. The van der Waals surface area contributed by atoms with E-state index in [1.807, 2.05) is 0 Å². The molecule has 3 fully saturated rings. The van der Waals surface area contributed by atoms with Crippen LogP contribution in [0, 0.1) is 17.8 Å². The van der Waals surface area contributed by atoms with Crippen LogP contribution in [0.25, 0.3) is 6.08 Å². The van der Waals surface area contributed by atoms with Crippen LogP contribution in [0.15, 0.2) is 5.76 Å². The molecule has 0 saturated carbocycles. The maximum absolute atomic E-state index is 5.89. The van der Waals surface area contributed by atoms with Crippen LogP contribution in [0.2, 0.25) is 0 Å². The third-order valence-electron chi connectivity index (χ3n) is 8.79. The number of aromatic nitrogens is 2. The number of methoxy groups -OCH3 is 1. The van der Waals surface area contributed by atoms with Gasteiger partial charge in [0, 0.05) is 63.2 Å². The molecule has 1 unspecified atom stereocenters. The highest BCUT2D eigenvalue weighted by atomic mass is 16.5. The van der Waals surface area contributed by atoms with Gasteiger partial charge in [-0.2, -0.15) is 4.98 Å². The standard InChI is InChI=1S/C31H48N6O/c1-24(2)36-20-13-26(14-21-36)32-30-27-23-29(38-3)25(12-6-9-15-35-16-10-11-17-35)22-28(27)33-31(34-30)37-18-7-4-5-8-19-37/h23-26H,4-5,7-11,13-22H2,1-3H3,(H,32,33,34). The Kier molecular flexibility index (Phi) is 9.45. The number of likely N-dealkylation sites (tertiary alicyclic amines) is 2. The van der Waals surface area contributed by atoms with Crippen molar-refractivity contribution in [1.29, 1.82) is 0 Å². The molecule has 1 aliphatic carbocycles. The second-order valence-electron chi connectivity index (χ2n) is 11.8. The van der Waals surface area contributed by atoms with E-state index in [-0.39, 0.29) is 5.92 Å². The molecule has 0 aromatic carbocycles. The van der Waals surface area contributed by atoms with Crippen LogP contribution in [0.4, 0.5) is 11.8 Å². The number of ether oxygens (including phenoxy) is 1. The molecule has 0 radical (unpaired) electrons. The van der Waals surface area contributed by atoms with Crippen LogP contribution in [0.1, 0.15) is 82.9 Å². The molecular formula is C31H48N6O. The monoisotopic (exact) mass is 520 g/mol. The Labute approximate surface area is 230 Å².